The topological polar surface area (TPSA) is 84.9 Å². The predicted octanol–water partition coefficient (Wildman–Crippen LogP) is 2.81. The minimum absolute atomic E-state index is 0.0459. The van der Waals surface area contributed by atoms with Gasteiger partial charge in [-0.2, -0.15) is 4.31 Å². The second kappa shape index (κ2) is 8.04. The van der Waals surface area contributed by atoms with Crippen LogP contribution in [0.3, 0.4) is 0 Å². The molecule has 154 valence electrons. The van der Waals surface area contributed by atoms with Crippen LogP contribution in [0.25, 0.3) is 0 Å². The average molecular weight is 416 g/mol. The molecule has 0 aromatic heterocycles. The number of hydrogen-bond donors (Lipinski definition) is 1. The highest BCUT2D eigenvalue weighted by Gasteiger charge is 2.31. The molecule has 29 heavy (non-hydrogen) atoms. The van der Waals surface area contributed by atoms with Gasteiger partial charge in [0.1, 0.15) is 12.7 Å². The first-order chi connectivity index (χ1) is 14.0. The van der Waals surface area contributed by atoms with E-state index in [9.17, 15) is 13.2 Å². The van der Waals surface area contributed by atoms with Crippen LogP contribution in [-0.4, -0.2) is 44.4 Å². The Kier molecular flexibility index (Phi) is 5.47. The number of nitrogens with zero attached hydrogens (tertiary/aromatic N) is 1. The lowest BCUT2D eigenvalue weighted by atomic mass is 10.0. The maximum Gasteiger partial charge on any atom is 0.243 e. The third kappa shape index (κ3) is 4.09. The molecule has 0 fully saturated rings. The molecule has 1 unspecified atom stereocenters. The minimum atomic E-state index is -3.70. The molecule has 1 N–H and O–H groups in total. The van der Waals surface area contributed by atoms with Gasteiger partial charge < -0.3 is 14.8 Å². The third-order valence-corrected chi connectivity index (χ3v) is 6.92. The standard InChI is InChI=1S/C21H24N2O5S/c1-2-11-23(13-16-14-27-19-5-3-4-6-20(19)28-16)29(25,26)17-8-9-18-15(12-17)7-10-21(24)22-18/h3-6,8-9,12,16H,2,7,10-11,13-14H2,1H3,(H,22,24). The van der Waals surface area contributed by atoms with E-state index >= 15 is 0 Å². The molecule has 8 heteroatoms. The van der Waals surface area contributed by atoms with Gasteiger partial charge in [-0.25, -0.2) is 8.42 Å². The van der Waals surface area contributed by atoms with E-state index in [0.29, 0.717) is 49.6 Å². The van der Waals surface area contributed by atoms with Gasteiger partial charge in [-0.3, -0.25) is 4.79 Å². The molecule has 0 aliphatic carbocycles. The van der Waals surface area contributed by atoms with E-state index in [1.165, 1.54) is 4.31 Å². The van der Waals surface area contributed by atoms with Crippen molar-refractivity contribution in [3.8, 4) is 11.5 Å². The summed E-state index contributed by atoms with van der Waals surface area (Å²) in [6.45, 7) is 2.83. The number of sulfonamides is 1. The Morgan fingerprint density at radius 1 is 1.14 bits per heavy atom. The van der Waals surface area contributed by atoms with E-state index in [0.717, 1.165) is 5.56 Å². The third-order valence-electron chi connectivity index (χ3n) is 5.06. The van der Waals surface area contributed by atoms with E-state index in [1.807, 2.05) is 31.2 Å². The first kappa shape index (κ1) is 19.7. The fraction of sp³-hybridized carbons (Fsp3) is 0.381. The number of nitrogens with one attached hydrogen (secondary N) is 1. The lowest BCUT2D eigenvalue weighted by molar-refractivity contribution is -0.116. The quantitative estimate of drug-likeness (QED) is 0.783. The lowest BCUT2D eigenvalue weighted by Gasteiger charge is -2.31. The molecule has 0 spiro atoms. The number of para-hydroxylation sites is 2. The summed E-state index contributed by atoms with van der Waals surface area (Å²) < 4.78 is 39.8. The monoisotopic (exact) mass is 416 g/mol. The van der Waals surface area contributed by atoms with Gasteiger partial charge in [-0.05, 0) is 48.7 Å². The maximum absolute atomic E-state index is 13.3. The highest BCUT2D eigenvalue weighted by atomic mass is 32.2. The van der Waals surface area contributed by atoms with Gasteiger partial charge >= 0.3 is 0 Å². The van der Waals surface area contributed by atoms with E-state index in [2.05, 4.69) is 5.32 Å². The van der Waals surface area contributed by atoms with Crippen molar-refractivity contribution in [3.05, 3.63) is 48.0 Å². The van der Waals surface area contributed by atoms with Crippen molar-refractivity contribution < 1.29 is 22.7 Å². The Morgan fingerprint density at radius 3 is 2.72 bits per heavy atom. The van der Waals surface area contributed by atoms with Crippen LogP contribution in [0.15, 0.2) is 47.4 Å². The average Bonchev–Trinajstić information content (AvgIpc) is 2.73. The molecular weight excluding hydrogens is 392 g/mol. The molecule has 1 atom stereocenters. The van der Waals surface area contributed by atoms with Crippen molar-refractivity contribution in [2.24, 2.45) is 0 Å². The van der Waals surface area contributed by atoms with Gasteiger partial charge in [0.25, 0.3) is 0 Å². The van der Waals surface area contributed by atoms with Gasteiger partial charge in [0.15, 0.2) is 11.5 Å². The zero-order valence-corrected chi connectivity index (χ0v) is 17.1. The highest BCUT2D eigenvalue weighted by molar-refractivity contribution is 7.89. The van der Waals surface area contributed by atoms with Crippen LogP contribution < -0.4 is 14.8 Å². The molecule has 2 aliphatic heterocycles. The summed E-state index contributed by atoms with van der Waals surface area (Å²) in [5.41, 5.74) is 1.52. The number of anilines is 1. The fourth-order valence-corrected chi connectivity index (χ4v) is 5.22. The molecule has 4 rings (SSSR count). The van der Waals surface area contributed by atoms with E-state index < -0.39 is 10.0 Å². The molecule has 2 aromatic carbocycles. The van der Waals surface area contributed by atoms with Crippen LogP contribution in [0.4, 0.5) is 5.69 Å². The normalized spacial score (nSPS) is 18.3. The van der Waals surface area contributed by atoms with Crippen molar-refractivity contribution in [3.63, 3.8) is 0 Å². The number of benzene rings is 2. The van der Waals surface area contributed by atoms with Crippen LogP contribution in [0, 0.1) is 0 Å². The number of amides is 1. The highest BCUT2D eigenvalue weighted by Crippen LogP contribution is 2.32. The predicted molar refractivity (Wildman–Crippen MR) is 109 cm³/mol. The van der Waals surface area contributed by atoms with Crippen LogP contribution >= 0.6 is 0 Å². The molecule has 0 saturated heterocycles. The number of rotatable bonds is 6. The number of fused-ring (bicyclic) bond motifs is 2. The van der Waals surface area contributed by atoms with Gasteiger partial charge in [-0.1, -0.05) is 19.1 Å². The summed E-state index contributed by atoms with van der Waals surface area (Å²) >= 11 is 0. The molecule has 0 saturated carbocycles. The zero-order chi connectivity index (χ0) is 20.4. The molecule has 0 radical (unpaired) electrons. The zero-order valence-electron chi connectivity index (χ0n) is 16.3. The lowest BCUT2D eigenvalue weighted by Crippen LogP contribution is -2.44. The van der Waals surface area contributed by atoms with Crippen LogP contribution in [0.1, 0.15) is 25.3 Å². The van der Waals surface area contributed by atoms with E-state index in [4.69, 9.17) is 9.47 Å². The van der Waals surface area contributed by atoms with Crippen LogP contribution in [0.2, 0.25) is 0 Å². The smallest absolute Gasteiger partial charge is 0.243 e. The number of ether oxygens (including phenoxy) is 2. The van der Waals surface area contributed by atoms with Gasteiger partial charge in [0.2, 0.25) is 15.9 Å². The molecule has 0 bridgehead atoms. The largest absolute Gasteiger partial charge is 0.486 e. The van der Waals surface area contributed by atoms with Crippen molar-refractivity contribution in [1.29, 1.82) is 0 Å². The van der Waals surface area contributed by atoms with Crippen molar-refractivity contribution in [2.75, 3.05) is 25.0 Å². The molecular formula is C21H24N2O5S. The summed E-state index contributed by atoms with van der Waals surface area (Å²) in [4.78, 5) is 11.8. The molecule has 2 aromatic rings. The van der Waals surface area contributed by atoms with Crippen LogP contribution in [0.5, 0.6) is 11.5 Å². The second-order valence-electron chi connectivity index (χ2n) is 7.23. The molecule has 2 heterocycles. The number of hydrogen-bond acceptors (Lipinski definition) is 5. The summed E-state index contributed by atoms with van der Waals surface area (Å²) in [5.74, 6) is 1.25. The van der Waals surface area contributed by atoms with Crippen molar-refractivity contribution in [1.82, 2.24) is 4.31 Å². The van der Waals surface area contributed by atoms with E-state index in [-0.39, 0.29) is 23.5 Å². The van der Waals surface area contributed by atoms with Crippen molar-refractivity contribution in [2.45, 2.75) is 37.2 Å². The maximum atomic E-state index is 13.3. The summed E-state index contributed by atoms with van der Waals surface area (Å²) in [5, 5.41) is 2.78. The first-order valence-electron chi connectivity index (χ1n) is 9.79. The number of carbonyl (C=O) groups is 1. The van der Waals surface area contributed by atoms with E-state index in [1.54, 1.807) is 18.2 Å². The van der Waals surface area contributed by atoms with Gasteiger partial charge in [0.05, 0.1) is 11.4 Å². The van der Waals surface area contributed by atoms with Crippen LogP contribution in [-0.2, 0) is 21.2 Å². The first-order valence-corrected chi connectivity index (χ1v) is 11.2. The van der Waals surface area contributed by atoms with Crippen molar-refractivity contribution >= 4 is 21.6 Å². The van der Waals surface area contributed by atoms with Gasteiger partial charge in [0, 0.05) is 18.7 Å². The molecule has 7 nitrogen and oxygen atoms in total. The Hall–Kier alpha value is -2.58. The SMILES string of the molecule is CCCN(CC1COc2ccccc2O1)S(=O)(=O)c1ccc2c(c1)CCC(=O)N2. The Morgan fingerprint density at radius 2 is 1.93 bits per heavy atom. The summed E-state index contributed by atoms with van der Waals surface area (Å²) in [7, 11) is -3.70. The Balaban J connectivity index is 1.55. The Bertz CT molecular complexity index is 1020. The number of carbonyl (C=O) groups excluding carboxylic acids is 1. The molecule has 2 aliphatic rings. The second-order valence-corrected chi connectivity index (χ2v) is 9.17. The summed E-state index contributed by atoms with van der Waals surface area (Å²) in [6, 6.07) is 12.3. The van der Waals surface area contributed by atoms with Gasteiger partial charge in [-0.15, -0.1) is 0 Å². The fourth-order valence-electron chi connectivity index (χ4n) is 3.61. The minimum Gasteiger partial charge on any atom is -0.486 e. The number of aryl methyl sites for hydroxylation is 1. The molecule has 1 amide bonds. The Labute approximate surface area is 170 Å². The summed E-state index contributed by atoms with van der Waals surface area (Å²) in [6.07, 6.45) is 1.20.